The SMILES string of the molecule is CC(NC(=O)COc1cccc(B2OC(C)(C)C(C)(C)O2)c1)C(F)(F)F. The summed E-state index contributed by atoms with van der Waals surface area (Å²) >= 11 is 0. The molecule has 1 aliphatic heterocycles. The average Bonchev–Trinajstić information content (AvgIpc) is 2.73. The number of carbonyl (C=O) groups excluding carboxylic acids is 1. The van der Waals surface area contributed by atoms with Gasteiger partial charge in [-0.25, -0.2) is 0 Å². The van der Waals surface area contributed by atoms with E-state index < -0.39 is 43.1 Å². The monoisotopic (exact) mass is 373 g/mol. The van der Waals surface area contributed by atoms with Crippen LogP contribution in [-0.4, -0.2) is 43.1 Å². The molecule has 0 spiro atoms. The van der Waals surface area contributed by atoms with Gasteiger partial charge in [0.15, 0.2) is 6.61 Å². The molecule has 2 rings (SSSR count). The van der Waals surface area contributed by atoms with Crippen molar-refractivity contribution in [3.8, 4) is 5.75 Å². The molecule has 1 aromatic carbocycles. The highest BCUT2D eigenvalue weighted by Gasteiger charge is 2.51. The normalized spacial score (nSPS) is 19.9. The average molecular weight is 373 g/mol. The Morgan fingerprint density at radius 2 is 1.81 bits per heavy atom. The third-order valence-corrected chi connectivity index (χ3v) is 4.62. The topological polar surface area (TPSA) is 56.8 Å². The number of hydrogen-bond acceptors (Lipinski definition) is 4. The van der Waals surface area contributed by atoms with Crippen LogP contribution < -0.4 is 15.5 Å². The van der Waals surface area contributed by atoms with Crippen molar-refractivity contribution in [2.45, 2.75) is 58.0 Å². The Morgan fingerprint density at radius 3 is 2.35 bits per heavy atom. The molecule has 1 fully saturated rings. The van der Waals surface area contributed by atoms with E-state index in [0.717, 1.165) is 6.92 Å². The third kappa shape index (κ3) is 4.70. The number of hydrogen-bond donors (Lipinski definition) is 1. The summed E-state index contributed by atoms with van der Waals surface area (Å²) in [5, 5.41) is 1.84. The van der Waals surface area contributed by atoms with Crippen LogP contribution in [-0.2, 0) is 14.1 Å². The van der Waals surface area contributed by atoms with Crippen LogP contribution in [0, 0.1) is 0 Å². The summed E-state index contributed by atoms with van der Waals surface area (Å²) < 4.78 is 54.5. The van der Waals surface area contributed by atoms with E-state index in [1.165, 1.54) is 0 Å². The van der Waals surface area contributed by atoms with Crippen LogP contribution in [0.2, 0.25) is 0 Å². The smallest absolute Gasteiger partial charge is 0.484 e. The summed E-state index contributed by atoms with van der Waals surface area (Å²) in [4.78, 5) is 11.6. The quantitative estimate of drug-likeness (QED) is 0.806. The fourth-order valence-corrected chi connectivity index (χ4v) is 2.24. The van der Waals surface area contributed by atoms with Crippen LogP contribution >= 0.6 is 0 Å². The maximum atomic E-state index is 12.4. The Hall–Kier alpha value is -1.74. The lowest BCUT2D eigenvalue weighted by Gasteiger charge is -2.32. The molecular formula is C17H23BF3NO4. The zero-order valence-electron chi connectivity index (χ0n) is 15.4. The van der Waals surface area contributed by atoms with Gasteiger partial charge in [0.05, 0.1) is 11.2 Å². The van der Waals surface area contributed by atoms with E-state index in [9.17, 15) is 18.0 Å². The summed E-state index contributed by atoms with van der Waals surface area (Å²) in [6.07, 6.45) is -4.49. The van der Waals surface area contributed by atoms with E-state index >= 15 is 0 Å². The lowest BCUT2D eigenvalue weighted by Crippen LogP contribution is -2.44. The van der Waals surface area contributed by atoms with Crippen LogP contribution in [0.1, 0.15) is 34.6 Å². The number of benzene rings is 1. The van der Waals surface area contributed by atoms with Gasteiger partial charge in [0.2, 0.25) is 0 Å². The molecule has 1 aliphatic rings. The molecule has 0 radical (unpaired) electrons. The standard InChI is InChI=1S/C17H23BF3NO4/c1-11(17(19,20)21)22-14(23)10-24-13-8-6-7-12(9-13)18-25-15(2,3)16(4,5)26-18/h6-9,11H,10H2,1-5H3,(H,22,23). The zero-order chi connectivity index (χ0) is 19.8. The molecule has 26 heavy (non-hydrogen) atoms. The lowest BCUT2D eigenvalue weighted by atomic mass is 9.79. The van der Waals surface area contributed by atoms with Gasteiger partial charge in [-0.1, -0.05) is 12.1 Å². The van der Waals surface area contributed by atoms with E-state index in [4.69, 9.17) is 14.0 Å². The number of rotatable bonds is 5. The van der Waals surface area contributed by atoms with E-state index in [1.54, 1.807) is 24.3 Å². The van der Waals surface area contributed by atoms with Gasteiger partial charge < -0.3 is 19.4 Å². The van der Waals surface area contributed by atoms with Crippen molar-refractivity contribution in [3.63, 3.8) is 0 Å². The maximum absolute atomic E-state index is 12.4. The maximum Gasteiger partial charge on any atom is 0.494 e. The third-order valence-electron chi connectivity index (χ3n) is 4.62. The first-order valence-electron chi connectivity index (χ1n) is 8.26. The van der Waals surface area contributed by atoms with E-state index in [0.29, 0.717) is 11.2 Å². The van der Waals surface area contributed by atoms with Crippen molar-refractivity contribution in [2.24, 2.45) is 0 Å². The lowest BCUT2D eigenvalue weighted by molar-refractivity contribution is -0.158. The van der Waals surface area contributed by atoms with Crippen molar-refractivity contribution < 1.29 is 32.0 Å². The molecule has 1 amide bonds. The first-order chi connectivity index (χ1) is 11.8. The Bertz CT molecular complexity index is 648. The van der Waals surface area contributed by atoms with E-state index in [-0.39, 0.29) is 0 Å². The summed E-state index contributed by atoms with van der Waals surface area (Å²) in [5.74, 6) is -0.511. The number of amides is 1. The fourth-order valence-electron chi connectivity index (χ4n) is 2.24. The van der Waals surface area contributed by atoms with Crippen LogP contribution in [0.15, 0.2) is 24.3 Å². The minimum atomic E-state index is -4.49. The number of ether oxygens (including phenoxy) is 1. The van der Waals surface area contributed by atoms with E-state index in [1.807, 2.05) is 33.0 Å². The largest absolute Gasteiger partial charge is 0.494 e. The van der Waals surface area contributed by atoms with Crippen LogP contribution in [0.3, 0.4) is 0 Å². The molecule has 0 aromatic heterocycles. The van der Waals surface area contributed by atoms with E-state index in [2.05, 4.69) is 0 Å². The summed E-state index contributed by atoms with van der Waals surface area (Å²) in [6, 6.07) is 4.81. The van der Waals surface area contributed by atoms with Crippen molar-refractivity contribution >= 4 is 18.5 Å². The first kappa shape index (κ1) is 20.6. The molecule has 0 bridgehead atoms. The second kappa shape index (κ2) is 7.11. The van der Waals surface area contributed by atoms with Gasteiger partial charge in [-0.3, -0.25) is 4.79 Å². The molecule has 1 atom stereocenters. The highest BCUT2D eigenvalue weighted by Crippen LogP contribution is 2.36. The zero-order valence-corrected chi connectivity index (χ0v) is 15.4. The number of alkyl halides is 3. The molecule has 1 saturated heterocycles. The van der Waals surface area contributed by atoms with Gasteiger partial charge in [0, 0.05) is 0 Å². The van der Waals surface area contributed by atoms with Crippen molar-refractivity contribution in [1.29, 1.82) is 0 Å². The predicted octanol–water partition coefficient (Wildman–Crippen LogP) is 2.43. The Labute approximate surface area is 151 Å². The first-order valence-corrected chi connectivity index (χ1v) is 8.26. The van der Waals surface area contributed by atoms with Gasteiger partial charge in [-0.2, -0.15) is 13.2 Å². The molecule has 0 saturated carbocycles. The second-order valence-corrected chi connectivity index (χ2v) is 7.28. The molecule has 1 heterocycles. The molecule has 1 N–H and O–H groups in total. The molecule has 144 valence electrons. The van der Waals surface area contributed by atoms with Crippen LogP contribution in [0.5, 0.6) is 5.75 Å². The van der Waals surface area contributed by atoms with Gasteiger partial charge in [-0.15, -0.1) is 0 Å². The van der Waals surface area contributed by atoms with Crippen molar-refractivity contribution in [3.05, 3.63) is 24.3 Å². The van der Waals surface area contributed by atoms with Gasteiger partial charge in [-0.05, 0) is 52.2 Å². The fraction of sp³-hybridized carbons (Fsp3) is 0.588. The van der Waals surface area contributed by atoms with Crippen LogP contribution in [0.4, 0.5) is 13.2 Å². The number of nitrogens with one attached hydrogen (secondary N) is 1. The Balaban J connectivity index is 1.97. The van der Waals surface area contributed by atoms with Gasteiger partial charge in [0.25, 0.3) is 5.91 Å². The van der Waals surface area contributed by atoms with Gasteiger partial charge >= 0.3 is 13.3 Å². The highest BCUT2D eigenvalue weighted by molar-refractivity contribution is 6.62. The minimum absolute atomic E-state index is 0.340. The minimum Gasteiger partial charge on any atom is -0.484 e. The van der Waals surface area contributed by atoms with Crippen LogP contribution in [0.25, 0.3) is 0 Å². The molecule has 9 heteroatoms. The molecular weight excluding hydrogens is 350 g/mol. The number of carbonyl (C=O) groups is 1. The van der Waals surface area contributed by atoms with Crippen molar-refractivity contribution in [1.82, 2.24) is 5.32 Å². The number of halogens is 3. The molecule has 5 nitrogen and oxygen atoms in total. The Morgan fingerprint density at radius 1 is 1.23 bits per heavy atom. The molecule has 0 aliphatic carbocycles. The Kier molecular flexibility index (Phi) is 5.63. The molecule has 1 unspecified atom stereocenters. The summed E-state index contributed by atoms with van der Waals surface area (Å²) in [6.45, 7) is 8.07. The second-order valence-electron chi connectivity index (χ2n) is 7.28. The highest BCUT2D eigenvalue weighted by atomic mass is 19.4. The summed E-state index contributed by atoms with van der Waals surface area (Å²) in [5.41, 5.74) is -0.296. The van der Waals surface area contributed by atoms with Gasteiger partial charge in [0.1, 0.15) is 11.8 Å². The van der Waals surface area contributed by atoms with Crippen molar-refractivity contribution in [2.75, 3.05) is 6.61 Å². The summed E-state index contributed by atoms with van der Waals surface area (Å²) in [7, 11) is -0.595. The predicted molar refractivity (Wildman–Crippen MR) is 91.3 cm³/mol. The molecule has 1 aromatic rings.